The van der Waals surface area contributed by atoms with E-state index in [1.54, 1.807) is 6.92 Å². The Morgan fingerprint density at radius 2 is 1.63 bits per heavy atom. The highest BCUT2D eigenvalue weighted by Crippen LogP contribution is 2.27. The minimum absolute atomic E-state index is 0.0991. The average molecular weight is 283 g/mol. The molecule has 0 saturated heterocycles. The molecule has 3 nitrogen and oxygen atoms in total. The summed E-state index contributed by atoms with van der Waals surface area (Å²) in [5.74, 6) is 0.0991. The molecule has 0 aliphatic carbocycles. The Labute approximate surface area is 117 Å². The van der Waals surface area contributed by atoms with Gasteiger partial charge in [0, 0.05) is 6.04 Å². The first-order chi connectivity index (χ1) is 8.82. The van der Waals surface area contributed by atoms with E-state index in [4.69, 9.17) is 5.73 Å². The van der Waals surface area contributed by atoms with Crippen molar-refractivity contribution in [3.8, 4) is 0 Å². The predicted octanol–water partition coefficient (Wildman–Crippen LogP) is 2.92. The van der Waals surface area contributed by atoms with Gasteiger partial charge in [-0.15, -0.1) is 0 Å². The van der Waals surface area contributed by atoms with E-state index in [1.807, 2.05) is 51.1 Å². The normalized spacial score (nSPS) is 17.2. The lowest BCUT2D eigenvalue weighted by atomic mass is 10.0. The SMILES string of the molecule is CCC(C(N)c1ccccc1)S(=O)(=O)C(C)C(C)C. The van der Waals surface area contributed by atoms with Crippen molar-refractivity contribution < 1.29 is 8.42 Å². The topological polar surface area (TPSA) is 60.2 Å². The summed E-state index contributed by atoms with van der Waals surface area (Å²) < 4.78 is 25.3. The number of sulfone groups is 1. The van der Waals surface area contributed by atoms with Crippen molar-refractivity contribution in [1.29, 1.82) is 0 Å². The maximum absolute atomic E-state index is 12.6. The summed E-state index contributed by atoms with van der Waals surface area (Å²) in [6.07, 6.45) is 0.537. The molecular weight excluding hydrogens is 258 g/mol. The molecule has 3 atom stereocenters. The van der Waals surface area contributed by atoms with Crippen LogP contribution in [0.5, 0.6) is 0 Å². The highest BCUT2D eigenvalue weighted by molar-refractivity contribution is 7.92. The van der Waals surface area contributed by atoms with E-state index in [0.29, 0.717) is 6.42 Å². The molecule has 0 fully saturated rings. The second kappa shape index (κ2) is 6.53. The molecule has 1 rings (SSSR count). The van der Waals surface area contributed by atoms with Crippen LogP contribution in [0.4, 0.5) is 0 Å². The molecule has 0 heterocycles. The molecule has 1 aromatic rings. The van der Waals surface area contributed by atoms with E-state index in [-0.39, 0.29) is 11.2 Å². The van der Waals surface area contributed by atoms with Crippen LogP contribution in [-0.4, -0.2) is 18.9 Å². The molecule has 2 N–H and O–H groups in total. The standard InChI is InChI=1S/C15H25NO2S/c1-5-14(19(17,18)12(4)11(2)3)15(16)13-9-7-6-8-10-13/h6-12,14-15H,5,16H2,1-4H3. The summed E-state index contributed by atoms with van der Waals surface area (Å²) in [6, 6.07) is 9.01. The van der Waals surface area contributed by atoms with Crippen molar-refractivity contribution in [2.75, 3.05) is 0 Å². The third-order valence-electron chi connectivity index (χ3n) is 3.87. The van der Waals surface area contributed by atoms with E-state index >= 15 is 0 Å². The Morgan fingerprint density at radius 1 is 1.11 bits per heavy atom. The predicted molar refractivity (Wildman–Crippen MR) is 80.7 cm³/mol. The Morgan fingerprint density at radius 3 is 2.05 bits per heavy atom. The number of rotatable bonds is 6. The van der Waals surface area contributed by atoms with Crippen LogP contribution in [0.2, 0.25) is 0 Å². The maximum Gasteiger partial charge on any atom is 0.157 e. The van der Waals surface area contributed by atoms with Crippen LogP contribution >= 0.6 is 0 Å². The van der Waals surface area contributed by atoms with Gasteiger partial charge in [0.25, 0.3) is 0 Å². The molecule has 0 amide bonds. The van der Waals surface area contributed by atoms with Crippen LogP contribution < -0.4 is 5.73 Å². The molecule has 0 aliphatic rings. The van der Waals surface area contributed by atoms with E-state index < -0.39 is 21.1 Å². The molecule has 3 unspecified atom stereocenters. The van der Waals surface area contributed by atoms with Gasteiger partial charge in [-0.05, 0) is 24.8 Å². The molecule has 108 valence electrons. The van der Waals surface area contributed by atoms with Crippen molar-refractivity contribution in [2.24, 2.45) is 11.7 Å². The molecule has 0 bridgehead atoms. The van der Waals surface area contributed by atoms with Crippen molar-refractivity contribution in [2.45, 2.75) is 50.7 Å². The molecule has 19 heavy (non-hydrogen) atoms. The fraction of sp³-hybridized carbons (Fsp3) is 0.600. The monoisotopic (exact) mass is 283 g/mol. The van der Waals surface area contributed by atoms with Crippen molar-refractivity contribution in [1.82, 2.24) is 0 Å². The Bertz CT molecular complexity index is 482. The number of hydrogen-bond acceptors (Lipinski definition) is 3. The van der Waals surface area contributed by atoms with Gasteiger partial charge in [0.1, 0.15) is 0 Å². The van der Waals surface area contributed by atoms with Crippen LogP contribution in [0.15, 0.2) is 30.3 Å². The molecule has 0 spiro atoms. The minimum atomic E-state index is -3.22. The lowest BCUT2D eigenvalue weighted by molar-refractivity contribution is 0.511. The number of hydrogen-bond donors (Lipinski definition) is 1. The van der Waals surface area contributed by atoms with Gasteiger partial charge in [0.2, 0.25) is 0 Å². The van der Waals surface area contributed by atoms with Gasteiger partial charge >= 0.3 is 0 Å². The summed E-state index contributed by atoms with van der Waals surface area (Å²) in [7, 11) is -3.22. The Balaban J connectivity index is 3.08. The summed E-state index contributed by atoms with van der Waals surface area (Å²) in [5, 5.41) is -0.889. The van der Waals surface area contributed by atoms with E-state index in [1.165, 1.54) is 0 Å². The van der Waals surface area contributed by atoms with E-state index in [0.717, 1.165) is 5.56 Å². The summed E-state index contributed by atoms with van der Waals surface area (Å²) in [6.45, 7) is 7.53. The number of nitrogens with two attached hydrogens (primary N) is 1. The lowest BCUT2D eigenvalue weighted by Crippen LogP contribution is -2.40. The van der Waals surface area contributed by atoms with Crippen LogP contribution in [0.25, 0.3) is 0 Å². The molecular formula is C15H25NO2S. The van der Waals surface area contributed by atoms with Gasteiger partial charge in [0.05, 0.1) is 10.5 Å². The molecule has 1 aromatic carbocycles. The summed E-state index contributed by atoms with van der Waals surface area (Å²) in [5.41, 5.74) is 7.08. The van der Waals surface area contributed by atoms with Crippen LogP contribution in [-0.2, 0) is 9.84 Å². The lowest BCUT2D eigenvalue weighted by Gasteiger charge is -2.28. The van der Waals surface area contributed by atoms with Crippen molar-refractivity contribution >= 4 is 9.84 Å². The van der Waals surface area contributed by atoms with Gasteiger partial charge < -0.3 is 5.73 Å². The zero-order valence-electron chi connectivity index (χ0n) is 12.2. The first-order valence-corrected chi connectivity index (χ1v) is 8.46. The molecule has 4 heteroatoms. The molecule has 0 aliphatic heterocycles. The second-order valence-corrected chi connectivity index (χ2v) is 7.95. The highest BCUT2D eigenvalue weighted by Gasteiger charge is 2.36. The quantitative estimate of drug-likeness (QED) is 0.873. The molecule has 0 radical (unpaired) electrons. The van der Waals surface area contributed by atoms with Crippen LogP contribution in [0, 0.1) is 5.92 Å². The van der Waals surface area contributed by atoms with E-state index in [9.17, 15) is 8.42 Å². The first kappa shape index (κ1) is 16.2. The third-order valence-corrected chi connectivity index (χ3v) is 6.92. The van der Waals surface area contributed by atoms with Crippen molar-refractivity contribution in [3.63, 3.8) is 0 Å². The largest absolute Gasteiger partial charge is 0.323 e. The van der Waals surface area contributed by atoms with Crippen LogP contribution in [0.1, 0.15) is 45.7 Å². The zero-order chi connectivity index (χ0) is 14.6. The zero-order valence-corrected chi connectivity index (χ0v) is 13.0. The van der Waals surface area contributed by atoms with Gasteiger partial charge in [-0.3, -0.25) is 0 Å². The Hall–Kier alpha value is -0.870. The fourth-order valence-corrected chi connectivity index (χ4v) is 4.58. The highest BCUT2D eigenvalue weighted by atomic mass is 32.2. The minimum Gasteiger partial charge on any atom is -0.323 e. The van der Waals surface area contributed by atoms with Gasteiger partial charge in [-0.25, -0.2) is 8.42 Å². The average Bonchev–Trinajstić information content (AvgIpc) is 2.39. The van der Waals surface area contributed by atoms with Crippen molar-refractivity contribution in [3.05, 3.63) is 35.9 Å². The van der Waals surface area contributed by atoms with E-state index in [2.05, 4.69) is 0 Å². The fourth-order valence-electron chi connectivity index (χ4n) is 2.24. The van der Waals surface area contributed by atoms with Gasteiger partial charge in [-0.1, -0.05) is 51.1 Å². The molecule has 0 saturated carbocycles. The van der Waals surface area contributed by atoms with Crippen LogP contribution in [0.3, 0.4) is 0 Å². The third kappa shape index (κ3) is 3.57. The number of benzene rings is 1. The summed E-state index contributed by atoms with van der Waals surface area (Å²) >= 11 is 0. The molecule has 0 aromatic heterocycles. The second-order valence-electron chi connectivity index (χ2n) is 5.42. The maximum atomic E-state index is 12.6. The first-order valence-electron chi connectivity index (χ1n) is 6.85. The summed E-state index contributed by atoms with van der Waals surface area (Å²) in [4.78, 5) is 0. The van der Waals surface area contributed by atoms with Gasteiger partial charge in [0.15, 0.2) is 9.84 Å². The smallest absolute Gasteiger partial charge is 0.157 e. The van der Waals surface area contributed by atoms with Gasteiger partial charge in [-0.2, -0.15) is 0 Å². The Kier molecular flexibility index (Phi) is 5.56.